The van der Waals surface area contributed by atoms with Gasteiger partial charge in [0.05, 0.1) is 7.11 Å². The molecule has 112 valence electrons. The van der Waals surface area contributed by atoms with E-state index < -0.39 is 5.82 Å². The quantitative estimate of drug-likeness (QED) is 0.905. The Morgan fingerprint density at radius 1 is 1.24 bits per heavy atom. The highest BCUT2D eigenvalue weighted by Gasteiger charge is 2.12. The Labute approximate surface area is 128 Å². The lowest BCUT2D eigenvalue weighted by atomic mass is 10.1. The molecular formula is C16H17ClFNO2. The van der Waals surface area contributed by atoms with Crippen molar-refractivity contribution in [2.75, 3.05) is 7.11 Å². The summed E-state index contributed by atoms with van der Waals surface area (Å²) in [6, 6.07) is 9.91. The highest BCUT2D eigenvalue weighted by atomic mass is 35.5. The largest absolute Gasteiger partial charge is 0.494 e. The van der Waals surface area contributed by atoms with Gasteiger partial charge in [-0.3, -0.25) is 0 Å². The van der Waals surface area contributed by atoms with Crippen LogP contribution in [-0.2, 0) is 6.61 Å². The first-order chi connectivity index (χ1) is 10.0. The third-order valence-electron chi connectivity index (χ3n) is 3.11. The van der Waals surface area contributed by atoms with Gasteiger partial charge in [-0.05, 0) is 31.2 Å². The fourth-order valence-electron chi connectivity index (χ4n) is 1.99. The molecule has 0 amide bonds. The van der Waals surface area contributed by atoms with E-state index in [1.165, 1.54) is 7.11 Å². The third kappa shape index (κ3) is 3.65. The van der Waals surface area contributed by atoms with Gasteiger partial charge in [-0.25, -0.2) is 4.39 Å². The first-order valence-electron chi connectivity index (χ1n) is 6.52. The molecule has 0 bridgehead atoms. The van der Waals surface area contributed by atoms with E-state index >= 15 is 0 Å². The number of methoxy groups -OCH3 is 1. The average Bonchev–Trinajstić information content (AvgIpc) is 2.47. The Hall–Kier alpha value is -1.78. The van der Waals surface area contributed by atoms with Crippen LogP contribution in [0, 0.1) is 5.82 Å². The van der Waals surface area contributed by atoms with Gasteiger partial charge in [-0.2, -0.15) is 0 Å². The number of rotatable bonds is 5. The van der Waals surface area contributed by atoms with Crippen LogP contribution in [0.25, 0.3) is 0 Å². The summed E-state index contributed by atoms with van der Waals surface area (Å²) in [5, 5.41) is 0.585. The van der Waals surface area contributed by atoms with Gasteiger partial charge < -0.3 is 15.2 Å². The third-order valence-corrected chi connectivity index (χ3v) is 3.34. The van der Waals surface area contributed by atoms with E-state index in [0.29, 0.717) is 16.3 Å². The minimum absolute atomic E-state index is 0.0877. The van der Waals surface area contributed by atoms with Crippen LogP contribution in [0.1, 0.15) is 24.1 Å². The van der Waals surface area contributed by atoms with E-state index in [0.717, 1.165) is 5.56 Å². The second-order valence-corrected chi connectivity index (χ2v) is 5.13. The summed E-state index contributed by atoms with van der Waals surface area (Å²) >= 11 is 5.96. The molecule has 2 N–H and O–H groups in total. The Balaban J connectivity index is 2.21. The van der Waals surface area contributed by atoms with E-state index in [9.17, 15) is 4.39 Å². The van der Waals surface area contributed by atoms with Crippen LogP contribution in [-0.4, -0.2) is 7.11 Å². The normalized spacial score (nSPS) is 12.0. The number of benzene rings is 2. The average molecular weight is 310 g/mol. The molecule has 3 nitrogen and oxygen atoms in total. The molecule has 0 fully saturated rings. The summed E-state index contributed by atoms with van der Waals surface area (Å²) in [7, 11) is 1.43. The van der Waals surface area contributed by atoms with Crippen molar-refractivity contribution in [2.24, 2.45) is 5.73 Å². The van der Waals surface area contributed by atoms with Crippen LogP contribution in [0.5, 0.6) is 11.5 Å². The van der Waals surface area contributed by atoms with Crippen LogP contribution in [0.15, 0.2) is 36.4 Å². The fraction of sp³-hybridized carbons (Fsp3) is 0.250. The van der Waals surface area contributed by atoms with Crippen molar-refractivity contribution < 1.29 is 13.9 Å². The minimum atomic E-state index is -0.420. The molecule has 5 heteroatoms. The van der Waals surface area contributed by atoms with Gasteiger partial charge in [0.15, 0.2) is 11.6 Å². The summed E-state index contributed by atoms with van der Waals surface area (Å²) in [4.78, 5) is 0. The Kier molecular flexibility index (Phi) is 5.04. The highest BCUT2D eigenvalue weighted by molar-refractivity contribution is 6.30. The molecular weight excluding hydrogens is 293 g/mol. The zero-order valence-electron chi connectivity index (χ0n) is 11.9. The van der Waals surface area contributed by atoms with Crippen molar-refractivity contribution in [3.63, 3.8) is 0 Å². The molecule has 0 saturated carbocycles. The summed E-state index contributed by atoms with van der Waals surface area (Å²) in [5.74, 6) is 0.368. The molecule has 0 unspecified atom stereocenters. The lowest BCUT2D eigenvalue weighted by molar-refractivity contribution is 0.291. The van der Waals surface area contributed by atoms with Crippen LogP contribution in [0.4, 0.5) is 4.39 Å². The molecule has 0 spiro atoms. The monoisotopic (exact) mass is 309 g/mol. The number of nitrogens with two attached hydrogens (primary N) is 1. The number of hydrogen-bond donors (Lipinski definition) is 1. The van der Waals surface area contributed by atoms with Gasteiger partial charge in [0.25, 0.3) is 0 Å². The van der Waals surface area contributed by atoms with Gasteiger partial charge in [-0.15, -0.1) is 0 Å². The number of hydrogen-bond acceptors (Lipinski definition) is 3. The zero-order valence-corrected chi connectivity index (χ0v) is 12.7. The highest BCUT2D eigenvalue weighted by Crippen LogP contribution is 2.29. The molecule has 0 aliphatic heterocycles. The van der Waals surface area contributed by atoms with Gasteiger partial charge in [0, 0.05) is 22.2 Å². The molecule has 0 heterocycles. The van der Waals surface area contributed by atoms with Crippen LogP contribution in [0.2, 0.25) is 5.02 Å². The van der Waals surface area contributed by atoms with Crippen molar-refractivity contribution in [1.82, 2.24) is 0 Å². The molecule has 2 aromatic carbocycles. The Morgan fingerprint density at radius 2 is 2.00 bits per heavy atom. The second kappa shape index (κ2) is 6.78. The van der Waals surface area contributed by atoms with E-state index in [4.69, 9.17) is 26.8 Å². The van der Waals surface area contributed by atoms with E-state index in [1.54, 1.807) is 36.4 Å². The molecule has 0 saturated heterocycles. The zero-order chi connectivity index (χ0) is 15.4. The van der Waals surface area contributed by atoms with E-state index in [-0.39, 0.29) is 18.4 Å². The van der Waals surface area contributed by atoms with Crippen molar-refractivity contribution in [2.45, 2.75) is 19.6 Å². The lowest BCUT2D eigenvalue weighted by Gasteiger charge is -2.15. The molecule has 21 heavy (non-hydrogen) atoms. The summed E-state index contributed by atoms with van der Waals surface area (Å²) < 4.78 is 24.7. The van der Waals surface area contributed by atoms with Crippen LogP contribution >= 0.6 is 11.6 Å². The van der Waals surface area contributed by atoms with Crippen molar-refractivity contribution in [1.29, 1.82) is 0 Å². The van der Waals surface area contributed by atoms with E-state index in [2.05, 4.69) is 0 Å². The standard InChI is InChI=1S/C16H17ClFNO2/c1-10(19)13-8-12(17)6-7-14(13)21-9-11-4-3-5-15(20-2)16(11)18/h3-8,10H,9,19H2,1-2H3/t10-/m1/s1. The van der Waals surface area contributed by atoms with Crippen LogP contribution < -0.4 is 15.2 Å². The predicted octanol–water partition coefficient (Wildman–Crippen LogP) is 4.09. The minimum Gasteiger partial charge on any atom is -0.494 e. The van der Waals surface area contributed by atoms with Gasteiger partial charge >= 0.3 is 0 Å². The molecule has 2 aromatic rings. The first-order valence-corrected chi connectivity index (χ1v) is 6.90. The molecule has 0 radical (unpaired) electrons. The number of ether oxygens (including phenoxy) is 2. The molecule has 0 aliphatic carbocycles. The Morgan fingerprint density at radius 3 is 2.67 bits per heavy atom. The first kappa shape index (κ1) is 15.6. The van der Waals surface area contributed by atoms with Crippen molar-refractivity contribution in [3.05, 3.63) is 58.4 Å². The van der Waals surface area contributed by atoms with Crippen LogP contribution in [0.3, 0.4) is 0 Å². The van der Waals surface area contributed by atoms with Gasteiger partial charge in [-0.1, -0.05) is 23.7 Å². The predicted molar refractivity (Wildman–Crippen MR) is 81.3 cm³/mol. The maximum Gasteiger partial charge on any atom is 0.171 e. The van der Waals surface area contributed by atoms with Gasteiger partial charge in [0.1, 0.15) is 12.4 Å². The SMILES string of the molecule is COc1cccc(COc2ccc(Cl)cc2[C@@H](C)N)c1F. The summed E-state index contributed by atoms with van der Waals surface area (Å²) in [6.07, 6.45) is 0. The Bertz CT molecular complexity index is 632. The maximum absolute atomic E-state index is 14.0. The number of halogens is 2. The summed E-state index contributed by atoms with van der Waals surface area (Å²) in [6.45, 7) is 1.93. The maximum atomic E-state index is 14.0. The summed E-state index contributed by atoms with van der Waals surface area (Å²) in [5.41, 5.74) is 7.09. The molecule has 2 rings (SSSR count). The second-order valence-electron chi connectivity index (χ2n) is 4.69. The van der Waals surface area contributed by atoms with Crippen molar-refractivity contribution >= 4 is 11.6 Å². The van der Waals surface area contributed by atoms with Crippen molar-refractivity contribution in [3.8, 4) is 11.5 Å². The topological polar surface area (TPSA) is 44.5 Å². The molecule has 0 aromatic heterocycles. The molecule has 0 aliphatic rings. The lowest BCUT2D eigenvalue weighted by Crippen LogP contribution is -2.08. The fourth-order valence-corrected chi connectivity index (χ4v) is 2.17. The molecule has 1 atom stereocenters. The van der Waals surface area contributed by atoms with E-state index in [1.807, 2.05) is 6.92 Å². The van der Waals surface area contributed by atoms with Gasteiger partial charge in [0.2, 0.25) is 0 Å². The smallest absolute Gasteiger partial charge is 0.171 e.